The summed E-state index contributed by atoms with van der Waals surface area (Å²) >= 11 is 6.24. The fourth-order valence-electron chi connectivity index (χ4n) is 3.04. The molecule has 0 radical (unpaired) electrons. The number of aryl methyl sites for hydroxylation is 1. The summed E-state index contributed by atoms with van der Waals surface area (Å²) in [7, 11) is 0. The second-order valence-electron chi connectivity index (χ2n) is 6.17. The maximum absolute atomic E-state index is 12.9. The molecule has 28 heavy (non-hydrogen) atoms. The molecule has 2 aromatic carbocycles. The largest absolute Gasteiger partial charge is 0.360 e. The third-order valence-electron chi connectivity index (χ3n) is 4.41. The van der Waals surface area contributed by atoms with E-state index < -0.39 is 0 Å². The van der Waals surface area contributed by atoms with Gasteiger partial charge in [-0.2, -0.15) is 5.10 Å². The van der Waals surface area contributed by atoms with E-state index in [2.05, 4.69) is 20.7 Å². The Hall–Kier alpha value is -3.45. The summed E-state index contributed by atoms with van der Waals surface area (Å²) in [6.45, 7) is 1.79. The van der Waals surface area contributed by atoms with Gasteiger partial charge in [0.25, 0.3) is 11.5 Å². The Morgan fingerprint density at radius 2 is 1.86 bits per heavy atom. The van der Waals surface area contributed by atoms with Crippen LogP contribution in [-0.4, -0.2) is 21.3 Å². The Bertz CT molecular complexity index is 1250. The van der Waals surface area contributed by atoms with Crippen molar-refractivity contribution in [2.45, 2.75) is 13.5 Å². The van der Waals surface area contributed by atoms with Gasteiger partial charge in [0.2, 0.25) is 0 Å². The molecule has 1 amide bonds. The molecule has 7 nitrogen and oxygen atoms in total. The molecule has 0 atom stereocenters. The van der Waals surface area contributed by atoms with Crippen LogP contribution in [0.5, 0.6) is 0 Å². The maximum atomic E-state index is 12.9. The van der Waals surface area contributed by atoms with Crippen molar-refractivity contribution in [1.29, 1.82) is 0 Å². The molecule has 4 aromatic rings. The molecule has 2 N–H and O–H groups in total. The minimum absolute atomic E-state index is 0.128. The number of carbonyl (C=O) groups is 1. The van der Waals surface area contributed by atoms with Crippen molar-refractivity contribution in [3.05, 3.63) is 80.9 Å². The van der Waals surface area contributed by atoms with Crippen molar-refractivity contribution < 1.29 is 9.32 Å². The van der Waals surface area contributed by atoms with Gasteiger partial charge in [0.15, 0.2) is 0 Å². The first kappa shape index (κ1) is 17.9. The van der Waals surface area contributed by atoms with E-state index in [0.717, 1.165) is 0 Å². The molecule has 0 saturated heterocycles. The minimum atomic E-state index is -0.370. The fraction of sp³-hybridized carbons (Fsp3) is 0.100. The number of nitrogens with one attached hydrogen (secondary N) is 2. The van der Waals surface area contributed by atoms with Crippen molar-refractivity contribution >= 4 is 28.3 Å². The average molecular weight is 395 g/mol. The SMILES string of the molecule is Cc1onc(-c2ccccc2Cl)c1C(=O)NCc1n[nH]c(=O)c2ccccc12. The molecule has 0 bridgehead atoms. The molecule has 8 heteroatoms. The van der Waals surface area contributed by atoms with E-state index >= 15 is 0 Å². The van der Waals surface area contributed by atoms with Crippen molar-refractivity contribution in [3.8, 4) is 11.3 Å². The van der Waals surface area contributed by atoms with Gasteiger partial charge in [0.05, 0.1) is 22.6 Å². The highest BCUT2D eigenvalue weighted by Crippen LogP contribution is 2.31. The van der Waals surface area contributed by atoms with Gasteiger partial charge in [-0.05, 0) is 19.1 Å². The van der Waals surface area contributed by atoms with Crippen LogP contribution >= 0.6 is 11.6 Å². The smallest absolute Gasteiger partial charge is 0.272 e. The van der Waals surface area contributed by atoms with Crippen LogP contribution in [0.15, 0.2) is 57.8 Å². The van der Waals surface area contributed by atoms with Gasteiger partial charge in [-0.25, -0.2) is 5.10 Å². The summed E-state index contributed by atoms with van der Waals surface area (Å²) in [5, 5.41) is 15.0. The maximum Gasteiger partial charge on any atom is 0.272 e. The highest BCUT2D eigenvalue weighted by molar-refractivity contribution is 6.33. The lowest BCUT2D eigenvalue weighted by molar-refractivity contribution is 0.0949. The zero-order chi connectivity index (χ0) is 19.7. The van der Waals surface area contributed by atoms with E-state index in [4.69, 9.17) is 16.1 Å². The number of hydrogen-bond donors (Lipinski definition) is 2. The topological polar surface area (TPSA) is 101 Å². The first-order valence-corrected chi connectivity index (χ1v) is 8.89. The number of nitrogens with zero attached hydrogens (tertiary/aromatic N) is 2. The lowest BCUT2D eigenvalue weighted by Crippen LogP contribution is -2.25. The highest BCUT2D eigenvalue weighted by Gasteiger charge is 2.23. The molecule has 140 valence electrons. The Morgan fingerprint density at radius 1 is 1.14 bits per heavy atom. The molecule has 0 fully saturated rings. The van der Waals surface area contributed by atoms with Gasteiger partial charge in [-0.3, -0.25) is 9.59 Å². The third kappa shape index (κ3) is 3.16. The van der Waals surface area contributed by atoms with Gasteiger partial charge in [-0.1, -0.05) is 53.2 Å². The van der Waals surface area contributed by atoms with Gasteiger partial charge >= 0.3 is 0 Å². The normalized spacial score (nSPS) is 10.9. The van der Waals surface area contributed by atoms with Crippen molar-refractivity contribution in [1.82, 2.24) is 20.7 Å². The number of rotatable bonds is 4. The van der Waals surface area contributed by atoms with Crippen LogP contribution in [0.1, 0.15) is 21.8 Å². The molecule has 0 aliphatic rings. The molecule has 4 rings (SSSR count). The fourth-order valence-corrected chi connectivity index (χ4v) is 3.26. The Morgan fingerprint density at radius 3 is 2.64 bits per heavy atom. The van der Waals surface area contributed by atoms with E-state index in [0.29, 0.717) is 44.1 Å². The van der Waals surface area contributed by atoms with E-state index in [1.54, 1.807) is 43.3 Å². The minimum Gasteiger partial charge on any atom is -0.360 e. The van der Waals surface area contributed by atoms with Gasteiger partial charge in [-0.15, -0.1) is 0 Å². The second kappa shape index (κ2) is 7.28. The third-order valence-corrected chi connectivity index (χ3v) is 4.74. The molecular weight excluding hydrogens is 380 g/mol. The van der Waals surface area contributed by atoms with E-state index in [1.807, 2.05) is 12.1 Å². The number of H-pyrrole nitrogens is 1. The second-order valence-corrected chi connectivity index (χ2v) is 6.58. The van der Waals surface area contributed by atoms with Crippen LogP contribution in [0, 0.1) is 6.92 Å². The number of aromatic nitrogens is 3. The van der Waals surface area contributed by atoms with Crippen LogP contribution in [-0.2, 0) is 6.54 Å². The molecule has 0 aliphatic carbocycles. The number of fused-ring (bicyclic) bond motifs is 1. The summed E-state index contributed by atoms with van der Waals surface area (Å²) < 4.78 is 5.23. The number of hydrogen-bond acceptors (Lipinski definition) is 5. The predicted molar refractivity (Wildman–Crippen MR) is 105 cm³/mol. The monoisotopic (exact) mass is 394 g/mol. The zero-order valence-corrected chi connectivity index (χ0v) is 15.6. The Balaban J connectivity index is 1.65. The predicted octanol–water partition coefficient (Wildman–Crippen LogP) is 3.47. The lowest BCUT2D eigenvalue weighted by Gasteiger charge is -2.08. The summed E-state index contributed by atoms with van der Waals surface area (Å²) in [4.78, 5) is 24.7. The number of amides is 1. The van der Waals surface area contributed by atoms with Crippen molar-refractivity contribution in [2.75, 3.05) is 0 Å². The van der Waals surface area contributed by atoms with Crippen LogP contribution in [0.2, 0.25) is 5.02 Å². The van der Waals surface area contributed by atoms with E-state index in [1.165, 1.54) is 0 Å². The Labute approximate surface area is 164 Å². The average Bonchev–Trinajstić information content (AvgIpc) is 3.09. The van der Waals surface area contributed by atoms with Crippen LogP contribution < -0.4 is 10.9 Å². The van der Waals surface area contributed by atoms with E-state index in [-0.39, 0.29) is 18.0 Å². The summed E-state index contributed by atoms with van der Waals surface area (Å²) in [6, 6.07) is 14.2. The first-order valence-electron chi connectivity index (χ1n) is 8.52. The first-order chi connectivity index (χ1) is 13.6. The molecule has 0 saturated carbocycles. The lowest BCUT2D eigenvalue weighted by atomic mass is 10.1. The van der Waals surface area contributed by atoms with Crippen LogP contribution in [0.4, 0.5) is 0 Å². The number of carbonyl (C=O) groups excluding carboxylic acids is 1. The molecule has 2 heterocycles. The van der Waals surface area contributed by atoms with Crippen molar-refractivity contribution in [3.63, 3.8) is 0 Å². The number of aromatic amines is 1. The van der Waals surface area contributed by atoms with E-state index in [9.17, 15) is 9.59 Å². The highest BCUT2D eigenvalue weighted by atomic mass is 35.5. The van der Waals surface area contributed by atoms with Gasteiger partial charge in [0.1, 0.15) is 17.0 Å². The Kier molecular flexibility index (Phi) is 4.67. The van der Waals surface area contributed by atoms with Crippen molar-refractivity contribution in [2.24, 2.45) is 0 Å². The zero-order valence-electron chi connectivity index (χ0n) is 14.8. The van der Waals surface area contributed by atoms with Crippen LogP contribution in [0.25, 0.3) is 22.0 Å². The van der Waals surface area contributed by atoms with Gasteiger partial charge in [0, 0.05) is 10.9 Å². The van der Waals surface area contributed by atoms with Crippen LogP contribution in [0.3, 0.4) is 0 Å². The number of halogens is 1. The quantitative estimate of drug-likeness (QED) is 0.552. The molecule has 2 aromatic heterocycles. The molecular formula is C20H15ClN4O3. The van der Waals surface area contributed by atoms with Gasteiger partial charge < -0.3 is 9.84 Å². The molecule has 0 aliphatic heterocycles. The summed E-state index contributed by atoms with van der Waals surface area (Å²) in [5.41, 5.74) is 1.57. The summed E-state index contributed by atoms with van der Waals surface area (Å²) in [5.74, 6) is 0.0115. The molecule has 0 spiro atoms. The summed E-state index contributed by atoms with van der Waals surface area (Å²) in [6.07, 6.45) is 0. The molecule has 0 unspecified atom stereocenters. The number of benzene rings is 2. The standard InChI is InChI=1S/C20H15ClN4O3/c1-11-17(18(25-28-11)14-8-4-5-9-15(14)21)20(27)22-10-16-12-6-2-3-7-13(12)19(26)24-23-16/h2-9H,10H2,1H3,(H,22,27)(H,24,26).